The second-order valence-electron chi connectivity index (χ2n) is 5.47. The monoisotopic (exact) mass is 325 g/mol. The zero-order chi connectivity index (χ0) is 17.1. The number of benzene rings is 1. The van der Waals surface area contributed by atoms with Crippen molar-refractivity contribution in [3.63, 3.8) is 0 Å². The number of hydrogen-bond acceptors (Lipinski definition) is 4. The molecule has 2 aromatic heterocycles. The minimum Gasteiger partial charge on any atom is -0.479 e. The van der Waals surface area contributed by atoms with Gasteiger partial charge in [0.05, 0.1) is 6.61 Å². The minimum absolute atomic E-state index is 0.302. The fraction of sp³-hybridized carbons (Fsp3) is 0.235. The Morgan fingerprint density at radius 1 is 1.12 bits per heavy atom. The summed E-state index contributed by atoms with van der Waals surface area (Å²) in [4.78, 5) is 12.3. The molecule has 0 unspecified atom stereocenters. The first-order valence-corrected chi connectivity index (χ1v) is 7.70. The molecule has 0 atom stereocenters. The number of nitrogens with one attached hydrogen (secondary N) is 2. The topological polar surface area (TPSA) is 80.6 Å². The molecule has 3 rings (SSSR count). The Labute approximate surface area is 139 Å². The molecule has 2 amide bonds. The molecule has 7 heteroatoms. The van der Waals surface area contributed by atoms with Crippen molar-refractivity contribution in [2.45, 2.75) is 20.8 Å². The molecule has 0 radical (unpaired) electrons. The summed E-state index contributed by atoms with van der Waals surface area (Å²) in [6, 6.07) is 10.9. The average molecular weight is 325 g/mol. The van der Waals surface area contributed by atoms with Crippen LogP contribution in [0.15, 0.2) is 36.4 Å². The fourth-order valence-electron chi connectivity index (χ4n) is 2.56. The molecule has 3 aromatic rings. The van der Waals surface area contributed by atoms with Gasteiger partial charge in [-0.1, -0.05) is 12.1 Å². The van der Waals surface area contributed by atoms with Crippen molar-refractivity contribution >= 4 is 23.3 Å². The number of ether oxygens (including phenoxy) is 1. The standard InChI is InChI=1S/C17H19N5O2/c1-4-24-15-7-5-6-14-20-21-16(22(14)15)19-17(23)18-13-9-11(2)8-12(3)10-13/h5-10H,4H2,1-3H3,(H2,18,19,21,23). The molecular weight excluding hydrogens is 306 g/mol. The smallest absolute Gasteiger partial charge is 0.326 e. The van der Waals surface area contributed by atoms with Crippen LogP contribution in [-0.4, -0.2) is 27.2 Å². The summed E-state index contributed by atoms with van der Waals surface area (Å²) in [5, 5.41) is 13.6. The van der Waals surface area contributed by atoms with Crippen LogP contribution in [-0.2, 0) is 0 Å². The molecule has 0 spiro atoms. The quantitative estimate of drug-likeness (QED) is 0.770. The first kappa shape index (κ1) is 15.8. The van der Waals surface area contributed by atoms with Gasteiger partial charge >= 0.3 is 6.03 Å². The van der Waals surface area contributed by atoms with Crippen LogP contribution >= 0.6 is 0 Å². The van der Waals surface area contributed by atoms with Crippen LogP contribution in [0.5, 0.6) is 5.88 Å². The highest BCUT2D eigenvalue weighted by Gasteiger charge is 2.13. The number of anilines is 2. The van der Waals surface area contributed by atoms with Crippen molar-refractivity contribution in [2.75, 3.05) is 17.2 Å². The molecule has 0 fully saturated rings. The molecular formula is C17H19N5O2. The number of carbonyl (C=O) groups excluding carboxylic acids is 1. The van der Waals surface area contributed by atoms with E-state index in [0.717, 1.165) is 16.8 Å². The van der Waals surface area contributed by atoms with Gasteiger partial charge in [0.1, 0.15) is 0 Å². The van der Waals surface area contributed by atoms with Gasteiger partial charge in [-0.3, -0.25) is 5.32 Å². The third-order valence-corrected chi connectivity index (χ3v) is 3.39. The third-order valence-electron chi connectivity index (χ3n) is 3.39. The van der Waals surface area contributed by atoms with Crippen molar-refractivity contribution in [3.05, 3.63) is 47.5 Å². The first-order chi connectivity index (χ1) is 11.6. The largest absolute Gasteiger partial charge is 0.479 e. The molecule has 0 aliphatic heterocycles. The zero-order valence-corrected chi connectivity index (χ0v) is 13.8. The van der Waals surface area contributed by atoms with Gasteiger partial charge in [-0.05, 0) is 56.2 Å². The van der Waals surface area contributed by atoms with Crippen LogP contribution < -0.4 is 15.4 Å². The van der Waals surface area contributed by atoms with E-state index in [9.17, 15) is 4.79 Å². The highest BCUT2D eigenvalue weighted by molar-refractivity contribution is 5.99. The average Bonchev–Trinajstić information content (AvgIpc) is 2.90. The first-order valence-electron chi connectivity index (χ1n) is 7.70. The van der Waals surface area contributed by atoms with Gasteiger partial charge in [-0.15, -0.1) is 10.2 Å². The van der Waals surface area contributed by atoms with Gasteiger partial charge in [0, 0.05) is 5.69 Å². The van der Waals surface area contributed by atoms with Crippen molar-refractivity contribution < 1.29 is 9.53 Å². The molecule has 2 heterocycles. The fourth-order valence-corrected chi connectivity index (χ4v) is 2.56. The van der Waals surface area contributed by atoms with Crippen molar-refractivity contribution in [3.8, 4) is 5.88 Å². The summed E-state index contributed by atoms with van der Waals surface area (Å²) >= 11 is 0. The number of fused-ring (bicyclic) bond motifs is 1. The minimum atomic E-state index is -0.388. The van der Waals surface area contributed by atoms with Gasteiger partial charge in [0.25, 0.3) is 0 Å². The molecule has 2 N–H and O–H groups in total. The maximum Gasteiger partial charge on any atom is 0.326 e. The third kappa shape index (κ3) is 3.29. The number of hydrogen-bond donors (Lipinski definition) is 2. The van der Waals surface area contributed by atoms with Gasteiger partial charge in [0.15, 0.2) is 5.65 Å². The Morgan fingerprint density at radius 3 is 2.58 bits per heavy atom. The van der Waals surface area contributed by atoms with E-state index in [-0.39, 0.29) is 6.03 Å². The highest BCUT2D eigenvalue weighted by Crippen LogP contribution is 2.19. The lowest BCUT2D eigenvalue weighted by atomic mass is 10.1. The SMILES string of the molecule is CCOc1cccc2nnc(NC(=O)Nc3cc(C)cc(C)c3)n12. The van der Waals surface area contributed by atoms with Crippen LogP contribution in [0.25, 0.3) is 5.65 Å². The Balaban J connectivity index is 1.83. The number of urea groups is 1. The summed E-state index contributed by atoms with van der Waals surface area (Å²) in [6.07, 6.45) is 0. The number of aryl methyl sites for hydroxylation is 2. The number of nitrogens with zero attached hydrogens (tertiary/aromatic N) is 3. The summed E-state index contributed by atoms with van der Waals surface area (Å²) in [5.74, 6) is 0.873. The predicted octanol–water partition coefficient (Wildman–Crippen LogP) is 3.39. The highest BCUT2D eigenvalue weighted by atomic mass is 16.5. The lowest BCUT2D eigenvalue weighted by molar-refractivity contribution is 0.262. The predicted molar refractivity (Wildman–Crippen MR) is 92.7 cm³/mol. The second-order valence-corrected chi connectivity index (χ2v) is 5.47. The number of carbonyl (C=O) groups is 1. The van der Waals surface area contributed by atoms with Crippen LogP contribution in [0, 0.1) is 13.8 Å². The molecule has 1 aromatic carbocycles. The summed E-state index contributed by atoms with van der Waals surface area (Å²) in [6.45, 7) is 6.36. The van der Waals surface area contributed by atoms with Crippen LogP contribution in [0.4, 0.5) is 16.4 Å². The van der Waals surface area contributed by atoms with Crippen molar-refractivity contribution in [2.24, 2.45) is 0 Å². The van der Waals surface area contributed by atoms with Crippen molar-refractivity contribution in [1.29, 1.82) is 0 Å². The van der Waals surface area contributed by atoms with Gasteiger partial charge in [0.2, 0.25) is 11.8 Å². The van der Waals surface area contributed by atoms with Gasteiger partial charge in [-0.2, -0.15) is 0 Å². The number of aromatic nitrogens is 3. The zero-order valence-electron chi connectivity index (χ0n) is 13.8. The van der Waals surface area contributed by atoms with Crippen molar-refractivity contribution in [1.82, 2.24) is 14.6 Å². The lowest BCUT2D eigenvalue weighted by Crippen LogP contribution is -2.21. The Hall–Kier alpha value is -3.09. The number of amides is 2. The molecule has 0 saturated heterocycles. The van der Waals surface area contributed by atoms with Crippen LogP contribution in [0.1, 0.15) is 18.1 Å². The lowest BCUT2D eigenvalue weighted by Gasteiger charge is -2.10. The van der Waals surface area contributed by atoms with Crippen LogP contribution in [0.2, 0.25) is 0 Å². The van der Waals surface area contributed by atoms with E-state index in [2.05, 4.69) is 20.8 Å². The Morgan fingerprint density at radius 2 is 1.88 bits per heavy atom. The molecule has 0 aliphatic carbocycles. The van der Waals surface area contributed by atoms with E-state index in [4.69, 9.17) is 4.74 Å². The van der Waals surface area contributed by atoms with E-state index in [1.54, 1.807) is 16.5 Å². The van der Waals surface area contributed by atoms with E-state index >= 15 is 0 Å². The Bertz CT molecular complexity index is 868. The van der Waals surface area contributed by atoms with E-state index in [1.807, 2.05) is 45.0 Å². The molecule has 7 nitrogen and oxygen atoms in total. The normalized spacial score (nSPS) is 10.6. The Kier molecular flexibility index (Phi) is 4.33. The molecule has 0 aliphatic rings. The second kappa shape index (κ2) is 6.57. The summed E-state index contributed by atoms with van der Waals surface area (Å²) in [7, 11) is 0. The van der Waals surface area contributed by atoms with Crippen LogP contribution in [0.3, 0.4) is 0 Å². The summed E-state index contributed by atoms with van der Waals surface area (Å²) in [5.41, 5.74) is 3.49. The maximum atomic E-state index is 12.3. The molecule has 0 saturated carbocycles. The summed E-state index contributed by atoms with van der Waals surface area (Å²) < 4.78 is 7.22. The van der Waals surface area contributed by atoms with E-state index in [0.29, 0.717) is 24.1 Å². The molecule has 24 heavy (non-hydrogen) atoms. The number of rotatable bonds is 4. The molecule has 0 bridgehead atoms. The van der Waals surface area contributed by atoms with E-state index in [1.165, 1.54) is 0 Å². The van der Waals surface area contributed by atoms with Gasteiger partial charge < -0.3 is 10.1 Å². The van der Waals surface area contributed by atoms with Gasteiger partial charge in [-0.25, -0.2) is 9.20 Å². The number of pyridine rings is 1. The van der Waals surface area contributed by atoms with E-state index < -0.39 is 0 Å². The molecule has 124 valence electrons. The maximum absolute atomic E-state index is 12.3.